The maximum Gasteiger partial charge on any atom is 0.308 e. The van der Waals surface area contributed by atoms with Gasteiger partial charge >= 0.3 is 5.97 Å². The van der Waals surface area contributed by atoms with E-state index in [1.807, 2.05) is 48.5 Å². The van der Waals surface area contributed by atoms with E-state index in [2.05, 4.69) is 4.98 Å². The quantitative estimate of drug-likeness (QED) is 0.649. The Kier molecular flexibility index (Phi) is 4.46. The smallest absolute Gasteiger partial charge is 0.308 e. The lowest BCUT2D eigenvalue weighted by Crippen LogP contribution is -2.21. The molecule has 0 fully saturated rings. The van der Waals surface area contributed by atoms with Gasteiger partial charge in [0.05, 0.1) is 18.4 Å². The summed E-state index contributed by atoms with van der Waals surface area (Å²) >= 11 is 0. The van der Waals surface area contributed by atoms with E-state index in [1.165, 1.54) is 0 Å². The Morgan fingerprint density at radius 2 is 1.93 bits per heavy atom. The van der Waals surface area contributed by atoms with Gasteiger partial charge in [0, 0.05) is 23.7 Å². The molecule has 2 aromatic carbocycles. The van der Waals surface area contributed by atoms with Crippen LogP contribution in [0.3, 0.4) is 0 Å². The predicted molar refractivity (Wildman–Crippen MR) is 99.2 cm³/mol. The molecule has 1 aliphatic rings. The summed E-state index contributed by atoms with van der Waals surface area (Å²) in [7, 11) is 1.62. The Bertz CT molecular complexity index is 986. The Labute approximate surface area is 156 Å². The van der Waals surface area contributed by atoms with Crippen molar-refractivity contribution < 1.29 is 19.0 Å². The minimum atomic E-state index is -0.854. The van der Waals surface area contributed by atoms with Gasteiger partial charge in [0.1, 0.15) is 11.5 Å². The van der Waals surface area contributed by atoms with Crippen LogP contribution in [0.2, 0.25) is 0 Å². The largest absolute Gasteiger partial charge is 0.497 e. The molecule has 1 aliphatic heterocycles. The number of nitrogens with zero attached hydrogens (tertiary/aromatic N) is 2. The van der Waals surface area contributed by atoms with Crippen molar-refractivity contribution in [3.05, 3.63) is 60.3 Å². The molecule has 0 saturated carbocycles. The molecule has 0 saturated heterocycles. The number of benzene rings is 2. The second-order valence-electron chi connectivity index (χ2n) is 6.02. The van der Waals surface area contributed by atoms with Crippen LogP contribution in [0, 0.1) is 0 Å². The van der Waals surface area contributed by atoms with Gasteiger partial charge in [-0.15, -0.1) is 0 Å². The first-order chi connectivity index (χ1) is 13.2. The maximum atomic E-state index is 11.8. The minimum absolute atomic E-state index is 0.266. The molecular formula is C21H18N2O4. The molecule has 0 aliphatic carbocycles. The fourth-order valence-corrected chi connectivity index (χ4v) is 2.89. The highest BCUT2D eigenvalue weighted by Crippen LogP contribution is 2.42. The van der Waals surface area contributed by atoms with Crippen molar-refractivity contribution >= 4 is 5.97 Å². The molecule has 136 valence electrons. The summed E-state index contributed by atoms with van der Waals surface area (Å²) in [6.07, 6.45) is 1.07. The van der Waals surface area contributed by atoms with Crippen molar-refractivity contribution in [3.63, 3.8) is 0 Å². The predicted octanol–water partition coefficient (Wildman–Crippen LogP) is 4.16. The summed E-state index contributed by atoms with van der Waals surface area (Å²) < 4.78 is 16.5. The average Bonchev–Trinajstić information content (AvgIpc) is 2.73. The number of fused-ring (bicyclic) bond motifs is 3. The molecule has 1 unspecified atom stereocenters. The van der Waals surface area contributed by atoms with Crippen LogP contribution >= 0.6 is 0 Å². The van der Waals surface area contributed by atoms with Crippen molar-refractivity contribution in [2.24, 2.45) is 0 Å². The number of methoxy groups -OCH3 is 1. The van der Waals surface area contributed by atoms with Crippen molar-refractivity contribution in [1.82, 2.24) is 9.97 Å². The second-order valence-corrected chi connectivity index (χ2v) is 6.02. The number of carbonyl (C=O) groups is 1. The number of para-hydroxylation sites is 1. The number of ether oxygens (including phenoxy) is 3. The molecule has 3 aromatic rings. The van der Waals surface area contributed by atoms with Gasteiger partial charge in [-0.05, 0) is 36.4 Å². The molecular weight excluding hydrogens is 344 g/mol. The topological polar surface area (TPSA) is 70.5 Å². The zero-order valence-corrected chi connectivity index (χ0v) is 15.0. The van der Waals surface area contributed by atoms with Crippen LogP contribution in [0.25, 0.3) is 22.6 Å². The van der Waals surface area contributed by atoms with Gasteiger partial charge in [0.25, 0.3) is 6.29 Å². The fourth-order valence-electron chi connectivity index (χ4n) is 2.89. The molecule has 0 spiro atoms. The SMILES string of the molecule is CCC(=O)OC1Oc2ccccc2-c2nc(-c3ccc(OC)cc3)ncc21. The molecule has 1 aromatic heterocycles. The van der Waals surface area contributed by atoms with E-state index >= 15 is 0 Å². The van der Waals surface area contributed by atoms with Crippen LogP contribution in [0.4, 0.5) is 0 Å². The highest BCUT2D eigenvalue weighted by molar-refractivity contribution is 5.75. The third-order valence-corrected chi connectivity index (χ3v) is 4.32. The van der Waals surface area contributed by atoms with E-state index in [1.54, 1.807) is 20.2 Å². The highest BCUT2D eigenvalue weighted by Gasteiger charge is 2.30. The Morgan fingerprint density at radius 1 is 1.15 bits per heavy atom. The van der Waals surface area contributed by atoms with Crippen LogP contribution in [0.15, 0.2) is 54.7 Å². The van der Waals surface area contributed by atoms with Crippen molar-refractivity contribution in [2.75, 3.05) is 7.11 Å². The number of esters is 1. The number of rotatable bonds is 4. The summed E-state index contributed by atoms with van der Waals surface area (Å²) in [5, 5.41) is 0. The third-order valence-electron chi connectivity index (χ3n) is 4.32. The summed E-state index contributed by atoms with van der Waals surface area (Å²) in [5.41, 5.74) is 3.04. The standard InChI is InChI=1S/C21H18N2O4/c1-3-18(24)27-21-16-12-22-20(13-8-10-14(25-2)11-9-13)23-19(16)15-6-4-5-7-17(15)26-21/h4-12,21H,3H2,1-2H3. The first kappa shape index (κ1) is 17.0. The number of carbonyl (C=O) groups excluding carboxylic acids is 1. The van der Waals surface area contributed by atoms with Gasteiger partial charge in [0.15, 0.2) is 5.82 Å². The van der Waals surface area contributed by atoms with Crippen LogP contribution < -0.4 is 9.47 Å². The van der Waals surface area contributed by atoms with Crippen LogP contribution in [0.1, 0.15) is 25.2 Å². The van der Waals surface area contributed by atoms with Crippen molar-refractivity contribution in [1.29, 1.82) is 0 Å². The van der Waals surface area contributed by atoms with Crippen LogP contribution in [0.5, 0.6) is 11.5 Å². The normalized spacial score (nSPS) is 14.5. The number of hydrogen-bond donors (Lipinski definition) is 0. The zero-order chi connectivity index (χ0) is 18.8. The third kappa shape index (κ3) is 3.21. The van der Waals surface area contributed by atoms with Gasteiger partial charge in [-0.3, -0.25) is 4.79 Å². The Morgan fingerprint density at radius 3 is 2.67 bits per heavy atom. The fraction of sp³-hybridized carbons (Fsp3) is 0.190. The monoisotopic (exact) mass is 362 g/mol. The lowest BCUT2D eigenvalue weighted by molar-refractivity contribution is -0.164. The lowest BCUT2D eigenvalue weighted by Gasteiger charge is -2.27. The lowest BCUT2D eigenvalue weighted by atomic mass is 10.0. The maximum absolute atomic E-state index is 11.8. The molecule has 2 heterocycles. The average molecular weight is 362 g/mol. The van der Waals surface area contributed by atoms with E-state index < -0.39 is 6.29 Å². The summed E-state index contributed by atoms with van der Waals surface area (Å²) in [5.74, 6) is 1.62. The van der Waals surface area contributed by atoms with Gasteiger partial charge < -0.3 is 14.2 Å². The van der Waals surface area contributed by atoms with Crippen LogP contribution in [-0.4, -0.2) is 23.0 Å². The molecule has 0 N–H and O–H groups in total. The summed E-state index contributed by atoms with van der Waals surface area (Å²) in [4.78, 5) is 21.0. The van der Waals surface area contributed by atoms with E-state index in [9.17, 15) is 4.79 Å². The molecule has 0 radical (unpaired) electrons. The first-order valence-electron chi connectivity index (χ1n) is 8.66. The molecule has 0 bridgehead atoms. The van der Waals surface area contributed by atoms with E-state index in [0.29, 0.717) is 22.8 Å². The van der Waals surface area contributed by atoms with E-state index in [-0.39, 0.29) is 12.4 Å². The van der Waals surface area contributed by atoms with Crippen LogP contribution in [-0.2, 0) is 9.53 Å². The van der Waals surface area contributed by atoms with Gasteiger partial charge in [-0.25, -0.2) is 9.97 Å². The summed E-state index contributed by atoms with van der Waals surface area (Å²) in [6.45, 7) is 1.74. The molecule has 27 heavy (non-hydrogen) atoms. The van der Waals surface area contributed by atoms with Gasteiger partial charge in [-0.2, -0.15) is 0 Å². The Hall–Kier alpha value is -3.41. The molecule has 1 atom stereocenters. The second kappa shape index (κ2) is 7.07. The Balaban J connectivity index is 1.79. The molecule has 6 heteroatoms. The summed E-state index contributed by atoms with van der Waals surface area (Å²) in [6, 6.07) is 15.1. The highest BCUT2D eigenvalue weighted by atomic mass is 16.7. The van der Waals surface area contributed by atoms with Crippen molar-refractivity contribution in [3.8, 4) is 34.1 Å². The van der Waals surface area contributed by atoms with Gasteiger partial charge in [-0.1, -0.05) is 19.1 Å². The first-order valence-corrected chi connectivity index (χ1v) is 8.66. The number of hydrogen-bond acceptors (Lipinski definition) is 6. The van der Waals surface area contributed by atoms with E-state index in [0.717, 1.165) is 16.9 Å². The minimum Gasteiger partial charge on any atom is -0.497 e. The zero-order valence-electron chi connectivity index (χ0n) is 15.0. The van der Waals surface area contributed by atoms with E-state index in [4.69, 9.17) is 19.2 Å². The molecule has 6 nitrogen and oxygen atoms in total. The van der Waals surface area contributed by atoms with Crippen molar-refractivity contribution in [2.45, 2.75) is 19.6 Å². The molecule has 4 rings (SSSR count). The van der Waals surface area contributed by atoms with Gasteiger partial charge in [0.2, 0.25) is 0 Å². The molecule has 0 amide bonds. The number of aromatic nitrogens is 2.